The molecule has 0 aliphatic rings. The van der Waals surface area contributed by atoms with Crippen LogP contribution in [0.1, 0.15) is 17.4 Å². The van der Waals surface area contributed by atoms with E-state index in [1.807, 2.05) is 0 Å². The number of aromatic nitrogens is 1. The molecule has 5 heteroatoms. The molecule has 0 radical (unpaired) electrons. The lowest BCUT2D eigenvalue weighted by atomic mass is 10.3. The van der Waals surface area contributed by atoms with Crippen molar-refractivity contribution in [1.29, 1.82) is 0 Å². The molecule has 0 aromatic carbocycles. The fourth-order valence-corrected chi connectivity index (χ4v) is 0.997. The van der Waals surface area contributed by atoms with E-state index in [4.69, 9.17) is 10.5 Å². The molecule has 1 aromatic heterocycles. The highest BCUT2D eigenvalue weighted by atomic mass is 79.9. The highest BCUT2D eigenvalue weighted by Gasteiger charge is 2.09. The van der Waals surface area contributed by atoms with Crippen LogP contribution < -0.4 is 5.73 Å². The third kappa shape index (κ3) is 2.42. The second kappa shape index (κ2) is 4.23. The number of nitrogens with zero attached hydrogens (tertiary/aromatic N) is 1. The van der Waals surface area contributed by atoms with Crippen LogP contribution in [-0.2, 0) is 4.74 Å². The number of hydrogen-bond donors (Lipinski definition) is 1. The molecular formula is C8H9BrN2O2. The Bertz CT molecular complexity index is 328. The van der Waals surface area contributed by atoms with Crippen LogP contribution in [0.2, 0.25) is 0 Å². The number of nitrogens with two attached hydrogens (primary N) is 1. The number of rotatable bonds is 2. The van der Waals surface area contributed by atoms with Crippen molar-refractivity contribution in [2.75, 3.05) is 12.3 Å². The highest BCUT2D eigenvalue weighted by Crippen LogP contribution is 2.16. The molecule has 0 unspecified atom stereocenters. The second-order valence-electron chi connectivity index (χ2n) is 2.28. The minimum atomic E-state index is -0.457. The zero-order valence-electron chi connectivity index (χ0n) is 7.08. The number of carbonyl (C=O) groups is 1. The van der Waals surface area contributed by atoms with E-state index in [9.17, 15) is 4.79 Å². The summed E-state index contributed by atoms with van der Waals surface area (Å²) >= 11 is 3.18. The van der Waals surface area contributed by atoms with Gasteiger partial charge in [-0.25, -0.2) is 9.78 Å². The molecule has 4 nitrogen and oxygen atoms in total. The van der Waals surface area contributed by atoms with Gasteiger partial charge >= 0.3 is 5.97 Å². The Morgan fingerprint density at radius 3 is 2.92 bits per heavy atom. The Labute approximate surface area is 84.2 Å². The number of esters is 1. The SMILES string of the molecule is CCOC(=O)c1ccc(Br)c(N)n1. The molecule has 0 saturated carbocycles. The van der Waals surface area contributed by atoms with Gasteiger partial charge in [-0.1, -0.05) is 0 Å². The molecule has 0 aliphatic heterocycles. The molecule has 0 spiro atoms. The van der Waals surface area contributed by atoms with E-state index in [1.165, 1.54) is 0 Å². The monoisotopic (exact) mass is 244 g/mol. The summed E-state index contributed by atoms with van der Waals surface area (Å²) in [6.45, 7) is 2.07. The largest absolute Gasteiger partial charge is 0.461 e. The molecule has 1 aromatic rings. The van der Waals surface area contributed by atoms with Gasteiger partial charge < -0.3 is 10.5 Å². The summed E-state index contributed by atoms with van der Waals surface area (Å²) in [6, 6.07) is 3.22. The van der Waals surface area contributed by atoms with E-state index >= 15 is 0 Å². The van der Waals surface area contributed by atoms with Crippen LogP contribution in [0.3, 0.4) is 0 Å². The fraction of sp³-hybridized carbons (Fsp3) is 0.250. The molecule has 1 rings (SSSR count). The lowest BCUT2D eigenvalue weighted by molar-refractivity contribution is 0.0519. The number of halogens is 1. The van der Waals surface area contributed by atoms with Crippen molar-refractivity contribution < 1.29 is 9.53 Å². The average molecular weight is 245 g/mol. The summed E-state index contributed by atoms with van der Waals surface area (Å²) in [5, 5.41) is 0. The van der Waals surface area contributed by atoms with E-state index in [0.29, 0.717) is 11.1 Å². The third-order valence-electron chi connectivity index (χ3n) is 1.36. The summed E-state index contributed by atoms with van der Waals surface area (Å²) in [6.07, 6.45) is 0. The molecule has 13 heavy (non-hydrogen) atoms. The lowest BCUT2D eigenvalue weighted by Gasteiger charge is -2.02. The molecule has 0 aliphatic carbocycles. The quantitative estimate of drug-likeness (QED) is 0.803. The number of carbonyl (C=O) groups excluding carboxylic acids is 1. The zero-order chi connectivity index (χ0) is 9.84. The van der Waals surface area contributed by atoms with Crippen LogP contribution >= 0.6 is 15.9 Å². The normalized spacial score (nSPS) is 9.69. The Balaban J connectivity index is 2.90. The van der Waals surface area contributed by atoms with Crippen molar-refractivity contribution in [3.8, 4) is 0 Å². The van der Waals surface area contributed by atoms with Gasteiger partial charge in [-0.3, -0.25) is 0 Å². The van der Waals surface area contributed by atoms with Gasteiger partial charge in [0.15, 0.2) is 5.69 Å². The Kier molecular flexibility index (Phi) is 3.25. The number of nitrogen functional groups attached to an aromatic ring is 1. The predicted molar refractivity (Wildman–Crippen MR) is 52.3 cm³/mol. The number of anilines is 1. The maximum Gasteiger partial charge on any atom is 0.356 e. The topological polar surface area (TPSA) is 65.2 Å². The second-order valence-corrected chi connectivity index (χ2v) is 3.14. The van der Waals surface area contributed by atoms with E-state index in [1.54, 1.807) is 19.1 Å². The molecule has 70 valence electrons. The molecule has 0 amide bonds. The summed E-state index contributed by atoms with van der Waals surface area (Å²) in [4.78, 5) is 15.0. The minimum Gasteiger partial charge on any atom is -0.461 e. The zero-order valence-corrected chi connectivity index (χ0v) is 8.67. The Hall–Kier alpha value is -1.10. The molecule has 0 atom stereocenters. The fourth-order valence-electron chi connectivity index (χ4n) is 0.777. The average Bonchev–Trinajstić information content (AvgIpc) is 2.10. The molecule has 0 bridgehead atoms. The molecule has 1 heterocycles. The Morgan fingerprint density at radius 1 is 1.69 bits per heavy atom. The first-order valence-electron chi connectivity index (χ1n) is 3.74. The van der Waals surface area contributed by atoms with Gasteiger partial charge in [0, 0.05) is 0 Å². The summed E-state index contributed by atoms with van der Waals surface area (Å²) in [5.41, 5.74) is 5.71. The van der Waals surface area contributed by atoms with E-state index in [2.05, 4.69) is 20.9 Å². The molecule has 2 N–H and O–H groups in total. The first-order chi connectivity index (χ1) is 6.15. The summed E-state index contributed by atoms with van der Waals surface area (Å²) in [5.74, 6) is -0.174. The van der Waals surface area contributed by atoms with Gasteiger partial charge in [0.05, 0.1) is 11.1 Å². The van der Waals surface area contributed by atoms with E-state index < -0.39 is 5.97 Å². The van der Waals surface area contributed by atoms with Gasteiger partial charge in [0.1, 0.15) is 5.82 Å². The summed E-state index contributed by atoms with van der Waals surface area (Å²) < 4.78 is 5.42. The maximum atomic E-state index is 11.2. The predicted octanol–water partition coefficient (Wildman–Crippen LogP) is 1.60. The number of hydrogen-bond acceptors (Lipinski definition) is 4. The maximum absolute atomic E-state index is 11.2. The minimum absolute atomic E-state index is 0.225. The van der Waals surface area contributed by atoms with Crippen molar-refractivity contribution in [2.45, 2.75) is 6.92 Å². The van der Waals surface area contributed by atoms with Crippen molar-refractivity contribution in [1.82, 2.24) is 4.98 Å². The smallest absolute Gasteiger partial charge is 0.356 e. The van der Waals surface area contributed by atoms with Crippen LogP contribution in [0.4, 0.5) is 5.82 Å². The van der Waals surface area contributed by atoms with Gasteiger partial charge in [0.2, 0.25) is 0 Å². The molecule has 0 saturated heterocycles. The van der Waals surface area contributed by atoms with Crippen LogP contribution in [-0.4, -0.2) is 17.6 Å². The van der Waals surface area contributed by atoms with Crippen LogP contribution in [0.25, 0.3) is 0 Å². The third-order valence-corrected chi connectivity index (χ3v) is 2.03. The lowest BCUT2D eigenvalue weighted by Crippen LogP contribution is -2.08. The van der Waals surface area contributed by atoms with E-state index in [0.717, 1.165) is 0 Å². The van der Waals surface area contributed by atoms with Crippen LogP contribution in [0.5, 0.6) is 0 Å². The highest BCUT2D eigenvalue weighted by molar-refractivity contribution is 9.10. The number of pyridine rings is 1. The summed E-state index contributed by atoms with van der Waals surface area (Å²) in [7, 11) is 0. The van der Waals surface area contributed by atoms with Gasteiger partial charge in [0.25, 0.3) is 0 Å². The van der Waals surface area contributed by atoms with Crippen molar-refractivity contribution in [3.05, 3.63) is 22.3 Å². The van der Waals surface area contributed by atoms with E-state index in [-0.39, 0.29) is 11.5 Å². The van der Waals surface area contributed by atoms with Gasteiger partial charge in [-0.15, -0.1) is 0 Å². The van der Waals surface area contributed by atoms with Gasteiger partial charge in [-0.2, -0.15) is 0 Å². The van der Waals surface area contributed by atoms with Crippen molar-refractivity contribution >= 4 is 27.7 Å². The molecule has 0 fully saturated rings. The Morgan fingerprint density at radius 2 is 2.38 bits per heavy atom. The number of ether oxygens (including phenoxy) is 1. The van der Waals surface area contributed by atoms with Gasteiger partial charge in [-0.05, 0) is 35.0 Å². The standard InChI is InChI=1S/C8H9BrN2O2/c1-2-13-8(12)6-4-3-5(9)7(10)11-6/h3-4H,2H2,1H3,(H2,10,11). The molecular weight excluding hydrogens is 236 g/mol. The first kappa shape index (κ1) is 9.98. The van der Waals surface area contributed by atoms with Crippen LogP contribution in [0.15, 0.2) is 16.6 Å². The van der Waals surface area contributed by atoms with Crippen LogP contribution in [0, 0.1) is 0 Å². The van der Waals surface area contributed by atoms with Crippen molar-refractivity contribution in [2.24, 2.45) is 0 Å². The van der Waals surface area contributed by atoms with Crippen molar-refractivity contribution in [3.63, 3.8) is 0 Å². The first-order valence-corrected chi connectivity index (χ1v) is 4.53.